The summed E-state index contributed by atoms with van der Waals surface area (Å²) >= 11 is 0. The number of imide groups is 1. The smallest absolute Gasteiger partial charge is 0.395 e. The predicted molar refractivity (Wildman–Crippen MR) is 103 cm³/mol. The highest BCUT2D eigenvalue weighted by atomic mass is 19.4. The molecule has 3 amide bonds. The van der Waals surface area contributed by atoms with Gasteiger partial charge in [-0.15, -0.1) is 0 Å². The van der Waals surface area contributed by atoms with Crippen LogP contribution in [0.1, 0.15) is 42.2 Å². The number of anilines is 1. The van der Waals surface area contributed by atoms with Crippen molar-refractivity contribution in [3.8, 4) is 0 Å². The van der Waals surface area contributed by atoms with E-state index in [1.165, 1.54) is 43.3 Å². The van der Waals surface area contributed by atoms with Crippen LogP contribution in [0.15, 0.2) is 42.5 Å². The number of allylic oxidation sites excluding steroid dienone is 1. The molecule has 1 aliphatic heterocycles. The lowest BCUT2D eigenvalue weighted by molar-refractivity contribution is -0.0790. The van der Waals surface area contributed by atoms with Crippen molar-refractivity contribution < 1.29 is 32.7 Å². The van der Waals surface area contributed by atoms with Gasteiger partial charge in [-0.25, -0.2) is 0 Å². The SMILES string of the molecule is Cc1c(C=CC(F)(F)F)cccc1C(=O)Nc1ccc2c(c1)C(=O)N(CCO)C2=O. The van der Waals surface area contributed by atoms with E-state index in [1.807, 2.05) is 0 Å². The highest BCUT2D eigenvalue weighted by Crippen LogP contribution is 2.27. The van der Waals surface area contributed by atoms with Gasteiger partial charge in [0, 0.05) is 17.3 Å². The van der Waals surface area contributed by atoms with Crippen LogP contribution in [0.2, 0.25) is 0 Å². The number of carbonyl (C=O) groups is 3. The maximum Gasteiger partial charge on any atom is 0.409 e. The van der Waals surface area contributed by atoms with Crippen LogP contribution in [-0.2, 0) is 0 Å². The van der Waals surface area contributed by atoms with Crippen molar-refractivity contribution >= 4 is 29.5 Å². The summed E-state index contributed by atoms with van der Waals surface area (Å²) in [6.07, 6.45) is -3.48. The van der Waals surface area contributed by atoms with Crippen molar-refractivity contribution in [3.63, 3.8) is 0 Å². The van der Waals surface area contributed by atoms with Gasteiger partial charge in [0.1, 0.15) is 0 Å². The average molecular weight is 418 g/mol. The summed E-state index contributed by atoms with van der Waals surface area (Å²) < 4.78 is 37.3. The first-order chi connectivity index (χ1) is 14.1. The van der Waals surface area contributed by atoms with E-state index in [0.717, 1.165) is 11.0 Å². The summed E-state index contributed by atoms with van der Waals surface area (Å²) in [7, 11) is 0. The fourth-order valence-corrected chi connectivity index (χ4v) is 3.13. The van der Waals surface area contributed by atoms with Crippen LogP contribution in [-0.4, -0.2) is 47.1 Å². The van der Waals surface area contributed by atoms with Crippen molar-refractivity contribution in [2.75, 3.05) is 18.5 Å². The first-order valence-corrected chi connectivity index (χ1v) is 8.90. The van der Waals surface area contributed by atoms with E-state index in [2.05, 4.69) is 5.32 Å². The van der Waals surface area contributed by atoms with E-state index in [-0.39, 0.29) is 47.2 Å². The normalized spacial score (nSPS) is 13.8. The van der Waals surface area contributed by atoms with Gasteiger partial charge in [-0.1, -0.05) is 12.1 Å². The second-order valence-electron chi connectivity index (χ2n) is 6.59. The number of carbonyl (C=O) groups excluding carboxylic acids is 3. The van der Waals surface area contributed by atoms with Gasteiger partial charge < -0.3 is 10.4 Å². The van der Waals surface area contributed by atoms with Gasteiger partial charge in [0.25, 0.3) is 17.7 Å². The molecular formula is C21H17F3N2O4. The molecule has 0 bridgehead atoms. The summed E-state index contributed by atoms with van der Waals surface area (Å²) in [6, 6.07) is 8.61. The van der Waals surface area contributed by atoms with Crippen LogP contribution < -0.4 is 5.32 Å². The Hall–Kier alpha value is -3.46. The number of hydrogen-bond acceptors (Lipinski definition) is 4. The number of halogens is 3. The van der Waals surface area contributed by atoms with Crippen LogP contribution >= 0.6 is 0 Å². The van der Waals surface area contributed by atoms with Crippen LogP contribution in [0.25, 0.3) is 6.08 Å². The minimum absolute atomic E-state index is 0.0955. The van der Waals surface area contributed by atoms with Gasteiger partial charge in [-0.2, -0.15) is 13.2 Å². The van der Waals surface area contributed by atoms with E-state index in [4.69, 9.17) is 5.11 Å². The summed E-state index contributed by atoms with van der Waals surface area (Å²) in [5.41, 5.74) is 1.30. The van der Waals surface area contributed by atoms with Gasteiger partial charge in [-0.3, -0.25) is 19.3 Å². The molecule has 0 spiro atoms. The third kappa shape index (κ3) is 4.25. The van der Waals surface area contributed by atoms with Gasteiger partial charge in [0.15, 0.2) is 0 Å². The Morgan fingerprint density at radius 1 is 1.13 bits per heavy atom. The molecule has 30 heavy (non-hydrogen) atoms. The number of aliphatic hydroxyl groups excluding tert-OH is 1. The number of fused-ring (bicyclic) bond motifs is 1. The minimum Gasteiger partial charge on any atom is -0.395 e. The fourth-order valence-electron chi connectivity index (χ4n) is 3.13. The lowest BCUT2D eigenvalue weighted by Crippen LogP contribution is -2.32. The summed E-state index contributed by atoms with van der Waals surface area (Å²) in [5.74, 6) is -1.67. The topological polar surface area (TPSA) is 86.7 Å². The number of hydrogen-bond donors (Lipinski definition) is 2. The number of nitrogens with one attached hydrogen (secondary N) is 1. The van der Waals surface area contributed by atoms with Crippen molar-refractivity contribution in [1.29, 1.82) is 0 Å². The molecule has 0 fully saturated rings. The first kappa shape index (κ1) is 21.3. The van der Waals surface area contributed by atoms with E-state index in [0.29, 0.717) is 5.56 Å². The summed E-state index contributed by atoms with van der Waals surface area (Å²) in [6.45, 7) is 1.03. The van der Waals surface area contributed by atoms with Crippen LogP contribution in [0.5, 0.6) is 0 Å². The molecule has 0 saturated carbocycles. The molecule has 2 aromatic carbocycles. The molecule has 0 unspecified atom stereocenters. The van der Waals surface area contributed by atoms with Crippen molar-refractivity contribution in [1.82, 2.24) is 4.90 Å². The zero-order valence-corrected chi connectivity index (χ0v) is 15.8. The zero-order chi connectivity index (χ0) is 22.1. The van der Waals surface area contributed by atoms with Crippen LogP contribution in [0.3, 0.4) is 0 Å². The van der Waals surface area contributed by atoms with E-state index >= 15 is 0 Å². The molecular weight excluding hydrogens is 401 g/mol. The van der Waals surface area contributed by atoms with Crippen molar-refractivity contribution in [2.45, 2.75) is 13.1 Å². The summed E-state index contributed by atoms with van der Waals surface area (Å²) in [4.78, 5) is 38.1. The van der Waals surface area contributed by atoms with Gasteiger partial charge >= 0.3 is 6.18 Å². The first-order valence-electron chi connectivity index (χ1n) is 8.90. The second kappa shape index (κ2) is 8.11. The number of β-amino-alcohol motifs (C(OH)–C–C–N with tert-alkyl or cyclic N) is 1. The summed E-state index contributed by atoms with van der Waals surface area (Å²) in [5, 5.41) is 11.6. The lowest BCUT2D eigenvalue weighted by atomic mass is 10.0. The molecule has 156 valence electrons. The maximum absolute atomic E-state index is 12.6. The molecule has 0 aliphatic carbocycles. The molecule has 6 nitrogen and oxygen atoms in total. The molecule has 0 atom stereocenters. The Morgan fingerprint density at radius 2 is 1.83 bits per heavy atom. The number of alkyl halides is 3. The molecule has 0 aromatic heterocycles. The molecule has 2 N–H and O–H groups in total. The number of rotatable bonds is 5. The fraction of sp³-hybridized carbons (Fsp3) is 0.190. The minimum atomic E-state index is -4.47. The van der Waals surface area contributed by atoms with Gasteiger partial charge in [0.2, 0.25) is 0 Å². The van der Waals surface area contributed by atoms with E-state index in [9.17, 15) is 27.6 Å². The van der Waals surface area contributed by atoms with Crippen LogP contribution in [0, 0.1) is 6.92 Å². The molecule has 3 rings (SSSR count). The zero-order valence-electron chi connectivity index (χ0n) is 15.8. The van der Waals surface area contributed by atoms with Crippen molar-refractivity contribution in [3.05, 3.63) is 70.3 Å². The van der Waals surface area contributed by atoms with Gasteiger partial charge in [-0.05, 0) is 48.4 Å². The second-order valence-corrected chi connectivity index (χ2v) is 6.59. The number of amides is 3. The van der Waals surface area contributed by atoms with E-state index < -0.39 is 23.9 Å². The van der Waals surface area contributed by atoms with Gasteiger partial charge in [0.05, 0.1) is 24.3 Å². The third-order valence-corrected chi connectivity index (χ3v) is 4.62. The highest BCUT2D eigenvalue weighted by molar-refractivity contribution is 6.22. The number of benzene rings is 2. The lowest BCUT2D eigenvalue weighted by Gasteiger charge is -2.11. The maximum atomic E-state index is 12.6. The molecule has 2 aromatic rings. The van der Waals surface area contributed by atoms with E-state index in [1.54, 1.807) is 0 Å². The molecule has 0 saturated heterocycles. The molecule has 0 radical (unpaired) electrons. The highest BCUT2D eigenvalue weighted by Gasteiger charge is 2.35. The Bertz CT molecular complexity index is 1060. The third-order valence-electron chi connectivity index (χ3n) is 4.62. The Labute approximate surface area is 169 Å². The standard InChI is InChI=1S/C21H17F3N2O4/c1-12-13(7-8-21(22,23)24)3-2-4-15(12)18(28)25-14-5-6-16-17(11-14)20(30)26(9-10-27)19(16)29/h2-8,11,27H,9-10H2,1H3,(H,25,28). The number of aliphatic hydroxyl groups is 1. The predicted octanol–water partition coefficient (Wildman–Crippen LogP) is 3.41. The average Bonchev–Trinajstić information content (AvgIpc) is 2.91. The quantitative estimate of drug-likeness (QED) is 0.729. The van der Waals surface area contributed by atoms with Crippen molar-refractivity contribution in [2.24, 2.45) is 0 Å². The molecule has 1 aliphatic rings. The molecule has 9 heteroatoms. The Kier molecular flexibility index (Phi) is 5.75. The largest absolute Gasteiger partial charge is 0.409 e. The Balaban J connectivity index is 1.84. The molecule has 1 heterocycles. The number of nitrogens with zero attached hydrogens (tertiary/aromatic N) is 1. The monoisotopic (exact) mass is 418 g/mol. The van der Waals surface area contributed by atoms with Crippen LogP contribution in [0.4, 0.5) is 18.9 Å². The Morgan fingerprint density at radius 3 is 2.50 bits per heavy atom.